The van der Waals surface area contributed by atoms with E-state index in [9.17, 15) is 31.1 Å². The minimum Gasteiger partial charge on any atom is -0.468 e. The van der Waals surface area contributed by atoms with Crippen LogP contribution in [0, 0.1) is 5.41 Å². The molecule has 5 nitrogen and oxygen atoms in total. The number of hydrogen-bond acceptors (Lipinski definition) is 3. The Bertz CT molecular complexity index is 658. The molecule has 0 radical (unpaired) electrons. The molecule has 152 valence electrons. The van der Waals surface area contributed by atoms with Gasteiger partial charge in [-0.05, 0) is 30.9 Å². The molecule has 0 bridgehead atoms. The fourth-order valence-corrected chi connectivity index (χ4v) is 2.42. The molecule has 1 aromatic rings. The molecule has 1 N–H and O–H groups in total. The number of urea groups is 1. The van der Waals surface area contributed by atoms with Gasteiger partial charge in [0.25, 0.3) is 0 Å². The number of carbonyl (C=O) groups is 1. The van der Waals surface area contributed by atoms with Crippen LogP contribution < -0.4 is 10.1 Å². The summed E-state index contributed by atoms with van der Waals surface area (Å²) in [5.74, 6) is -0.242. The SMILES string of the molecule is CN(CCC1(C(F)(F)F)CC1)C(=O)NCc1ccnc(OCC(F)(F)F)c1. The molecule has 1 fully saturated rings. The van der Waals surface area contributed by atoms with Crippen molar-refractivity contribution in [1.29, 1.82) is 0 Å². The fourth-order valence-electron chi connectivity index (χ4n) is 2.42. The van der Waals surface area contributed by atoms with Crippen LogP contribution in [0.1, 0.15) is 24.8 Å². The van der Waals surface area contributed by atoms with Crippen molar-refractivity contribution < 1.29 is 35.9 Å². The Morgan fingerprint density at radius 1 is 1.30 bits per heavy atom. The van der Waals surface area contributed by atoms with Gasteiger partial charge in [0.05, 0.1) is 5.41 Å². The highest BCUT2D eigenvalue weighted by molar-refractivity contribution is 5.73. The number of nitrogens with zero attached hydrogens (tertiary/aromatic N) is 2. The smallest absolute Gasteiger partial charge is 0.422 e. The van der Waals surface area contributed by atoms with E-state index in [4.69, 9.17) is 0 Å². The van der Waals surface area contributed by atoms with E-state index in [1.807, 2.05) is 0 Å². The molecule has 1 aliphatic carbocycles. The van der Waals surface area contributed by atoms with Gasteiger partial charge < -0.3 is 15.0 Å². The lowest BCUT2D eigenvalue weighted by Crippen LogP contribution is -2.39. The second kappa shape index (κ2) is 7.81. The topological polar surface area (TPSA) is 54.5 Å². The molecule has 0 saturated heterocycles. The molecule has 0 spiro atoms. The lowest BCUT2D eigenvalue weighted by molar-refractivity contribution is -0.189. The minimum absolute atomic E-state index is 0.0293. The van der Waals surface area contributed by atoms with E-state index in [1.165, 1.54) is 25.4 Å². The zero-order chi connectivity index (χ0) is 20.3. The van der Waals surface area contributed by atoms with E-state index in [-0.39, 0.29) is 38.2 Å². The summed E-state index contributed by atoms with van der Waals surface area (Å²) in [5, 5.41) is 2.49. The maximum absolute atomic E-state index is 12.9. The number of amides is 2. The zero-order valence-corrected chi connectivity index (χ0v) is 14.5. The second-order valence-corrected chi connectivity index (χ2v) is 6.51. The Morgan fingerprint density at radius 3 is 2.52 bits per heavy atom. The number of aromatic nitrogens is 1. The third-order valence-electron chi connectivity index (χ3n) is 4.35. The summed E-state index contributed by atoms with van der Waals surface area (Å²) in [7, 11) is 1.38. The maximum Gasteiger partial charge on any atom is 0.422 e. The molecule has 0 atom stereocenters. The Labute approximate surface area is 151 Å². The van der Waals surface area contributed by atoms with Crippen molar-refractivity contribution in [2.45, 2.75) is 38.2 Å². The number of pyridine rings is 1. The second-order valence-electron chi connectivity index (χ2n) is 6.51. The number of carbonyl (C=O) groups excluding carboxylic acids is 1. The van der Waals surface area contributed by atoms with E-state index in [2.05, 4.69) is 15.0 Å². The molecule has 0 unspecified atom stereocenters. The van der Waals surface area contributed by atoms with Gasteiger partial charge in [-0.15, -0.1) is 0 Å². The Hall–Kier alpha value is -2.20. The third kappa shape index (κ3) is 6.17. The average Bonchev–Trinajstić information content (AvgIpc) is 3.36. The maximum atomic E-state index is 12.9. The van der Waals surface area contributed by atoms with Crippen LogP contribution in [-0.2, 0) is 6.54 Å². The molecule has 1 aromatic heterocycles. The Balaban J connectivity index is 1.79. The molecule has 2 rings (SSSR count). The van der Waals surface area contributed by atoms with Crippen LogP contribution in [0.25, 0.3) is 0 Å². The zero-order valence-electron chi connectivity index (χ0n) is 14.5. The first-order valence-electron chi connectivity index (χ1n) is 8.12. The minimum atomic E-state index is -4.50. The van der Waals surface area contributed by atoms with Crippen LogP contribution in [0.3, 0.4) is 0 Å². The highest BCUT2D eigenvalue weighted by atomic mass is 19.4. The van der Waals surface area contributed by atoms with Gasteiger partial charge in [0.1, 0.15) is 0 Å². The first kappa shape index (κ1) is 21.1. The standard InChI is InChI=1S/C16H19F6N3O2/c1-25(7-5-14(3-4-14)16(20,21)22)13(26)24-9-11-2-6-23-12(8-11)27-10-15(17,18)19/h2,6,8H,3-5,7,9-10H2,1H3,(H,24,26). The van der Waals surface area contributed by atoms with Crippen molar-refractivity contribution in [2.75, 3.05) is 20.2 Å². The highest BCUT2D eigenvalue weighted by Gasteiger charge is 2.62. The molecule has 0 aliphatic heterocycles. The number of alkyl halides is 6. The fraction of sp³-hybridized carbons (Fsp3) is 0.625. The van der Waals surface area contributed by atoms with Gasteiger partial charge in [-0.3, -0.25) is 0 Å². The molecule has 2 amide bonds. The van der Waals surface area contributed by atoms with Crippen LogP contribution in [0.5, 0.6) is 5.88 Å². The number of nitrogens with one attached hydrogen (secondary N) is 1. The molecular formula is C16H19F6N3O2. The molecule has 11 heteroatoms. The summed E-state index contributed by atoms with van der Waals surface area (Å²) < 4.78 is 79.6. The van der Waals surface area contributed by atoms with Crippen LogP contribution in [0.15, 0.2) is 18.3 Å². The van der Waals surface area contributed by atoms with Crippen molar-refractivity contribution in [3.05, 3.63) is 23.9 Å². The van der Waals surface area contributed by atoms with Crippen molar-refractivity contribution in [3.63, 3.8) is 0 Å². The van der Waals surface area contributed by atoms with Crippen LogP contribution in [-0.4, -0.2) is 48.5 Å². The number of ether oxygens (including phenoxy) is 1. The molecule has 27 heavy (non-hydrogen) atoms. The van der Waals surface area contributed by atoms with Crippen LogP contribution in [0.4, 0.5) is 31.1 Å². The van der Waals surface area contributed by atoms with Crippen LogP contribution >= 0.6 is 0 Å². The predicted octanol–water partition coefficient (Wildman–Crippen LogP) is 3.90. The van der Waals surface area contributed by atoms with Crippen molar-refractivity contribution in [3.8, 4) is 5.88 Å². The summed E-state index contributed by atoms with van der Waals surface area (Å²) in [4.78, 5) is 16.8. The first-order chi connectivity index (χ1) is 12.4. The quantitative estimate of drug-likeness (QED) is 0.708. The van der Waals surface area contributed by atoms with E-state index < -0.39 is 30.4 Å². The summed E-state index contributed by atoms with van der Waals surface area (Å²) in [5.41, 5.74) is -1.24. The normalized spacial score (nSPS) is 16.0. The summed E-state index contributed by atoms with van der Waals surface area (Å²) in [6.45, 7) is -1.57. The summed E-state index contributed by atoms with van der Waals surface area (Å²) >= 11 is 0. The van der Waals surface area contributed by atoms with Gasteiger partial charge in [0.2, 0.25) is 5.88 Å². The molecule has 1 saturated carbocycles. The van der Waals surface area contributed by atoms with E-state index >= 15 is 0 Å². The molecular weight excluding hydrogens is 380 g/mol. The summed E-state index contributed by atoms with van der Waals surface area (Å²) in [6, 6.07) is 2.14. The van der Waals surface area contributed by atoms with Gasteiger partial charge >= 0.3 is 18.4 Å². The number of hydrogen-bond donors (Lipinski definition) is 1. The van der Waals surface area contributed by atoms with Gasteiger partial charge in [-0.2, -0.15) is 26.3 Å². The lowest BCUT2D eigenvalue weighted by Gasteiger charge is -2.23. The van der Waals surface area contributed by atoms with Crippen LogP contribution in [0.2, 0.25) is 0 Å². The first-order valence-corrected chi connectivity index (χ1v) is 8.12. The average molecular weight is 399 g/mol. The van der Waals surface area contributed by atoms with E-state index in [0.29, 0.717) is 5.56 Å². The van der Waals surface area contributed by atoms with Crippen molar-refractivity contribution in [1.82, 2.24) is 15.2 Å². The number of rotatable bonds is 7. The van der Waals surface area contributed by atoms with Crippen molar-refractivity contribution in [2.24, 2.45) is 5.41 Å². The molecule has 0 aromatic carbocycles. The van der Waals surface area contributed by atoms with Crippen molar-refractivity contribution >= 4 is 6.03 Å². The highest BCUT2D eigenvalue weighted by Crippen LogP contribution is 2.59. The van der Waals surface area contributed by atoms with Gasteiger partial charge in [-0.1, -0.05) is 0 Å². The lowest BCUT2D eigenvalue weighted by atomic mass is 10.0. The Kier molecular flexibility index (Phi) is 6.10. The number of halogens is 6. The molecule has 1 aliphatic rings. The Morgan fingerprint density at radius 2 is 1.96 bits per heavy atom. The van der Waals surface area contributed by atoms with E-state index in [0.717, 1.165) is 4.90 Å². The van der Waals surface area contributed by atoms with Gasteiger partial charge in [0.15, 0.2) is 6.61 Å². The largest absolute Gasteiger partial charge is 0.468 e. The monoisotopic (exact) mass is 399 g/mol. The third-order valence-corrected chi connectivity index (χ3v) is 4.35. The van der Waals surface area contributed by atoms with E-state index in [1.54, 1.807) is 0 Å². The van der Waals surface area contributed by atoms with Gasteiger partial charge in [0, 0.05) is 32.4 Å². The summed E-state index contributed by atoms with van der Waals surface area (Å²) in [6.07, 6.45) is -7.55. The predicted molar refractivity (Wildman–Crippen MR) is 83.0 cm³/mol. The van der Waals surface area contributed by atoms with Gasteiger partial charge in [-0.25, -0.2) is 9.78 Å². The molecule has 1 heterocycles.